The summed E-state index contributed by atoms with van der Waals surface area (Å²) in [5.74, 6) is -1.00. The standard InChI is InChI=1S/C17H17ClN2O6S/c1-10(16(21)20-11-4-3-5-12(8-11)25-2)26-17(22)14-9-13(27(19,23)24)6-7-15(14)18/h3-10H,1-2H3,(H,20,21)(H2,19,23,24)/t10-/m1/s1. The first-order chi connectivity index (χ1) is 12.6. The second-order valence-electron chi connectivity index (χ2n) is 5.46. The molecule has 0 fully saturated rings. The van der Waals surface area contributed by atoms with Crippen LogP contribution in [-0.2, 0) is 19.6 Å². The highest BCUT2D eigenvalue weighted by atomic mass is 35.5. The predicted molar refractivity (Wildman–Crippen MR) is 99.3 cm³/mol. The summed E-state index contributed by atoms with van der Waals surface area (Å²) in [5, 5.41) is 7.58. The van der Waals surface area contributed by atoms with Crippen LogP contribution in [0.2, 0.25) is 5.02 Å². The van der Waals surface area contributed by atoms with Crippen LogP contribution in [0.3, 0.4) is 0 Å². The van der Waals surface area contributed by atoms with Crippen LogP contribution >= 0.6 is 11.6 Å². The lowest BCUT2D eigenvalue weighted by molar-refractivity contribution is -0.123. The average Bonchev–Trinajstić information content (AvgIpc) is 2.61. The van der Waals surface area contributed by atoms with E-state index in [-0.39, 0.29) is 15.5 Å². The number of anilines is 1. The molecule has 2 aromatic rings. The molecule has 0 radical (unpaired) electrons. The summed E-state index contributed by atoms with van der Waals surface area (Å²) in [6.07, 6.45) is -1.17. The van der Waals surface area contributed by atoms with Crippen molar-refractivity contribution in [2.24, 2.45) is 5.14 Å². The molecule has 0 saturated heterocycles. The van der Waals surface area contributed by atoms with Crippen LogP contribution in [0.1, 0.15) is 17.3 Å². The number of nitrogens with two attached hydrogens (primary N) is 1. The number of benzene rings is 2. The molecule has 0 spiro atoms. The number of amides is 1. The van der Waals surface area contributed by atoms with Crippen LogP contribution in [0.15, 0.2) is 47.4 Å². The summed E-state index contributed by atoms with van der Waals surface area (Å²) in [4.78, 5) is 24.2. The van der Waals surface area contributed by atoms with Crippen molar-refractivity contribution in [2.45, 2.75) is 17.9 Å². The first-order valence-corrected chi connectivity index (χ1v) is 9.52. The van der Waals surface area contributed by atoms with Crippen molar-refractivity contribution >= 4 is 39.2 Å². The van der Waals surface area contributed by atoms with E-state index in [9.17, 15) is 18.0 Å². The largest absolute Gasteiger partial charge is 0.497 e. The fourth-order valence-corrected chi connectivity index (χ4v) is 2.79. The van der Waals surface area contributed by atoms with E-state index in [0.717, 1.165) is 12.1 Å². The Kier molecular flexibility index (Phi) is 6.42. The van der Waals surface area contributed by atoms with E-state index in [1.165, 1.54) is 20.1 Å². The van der Waals surface area contributed by atoms with Crippen molar-refractivity contribution in [2.75, 3.05) is 12.4 Å². The summed E-state index contributed by atoms with van der Waals surface area (Å²) in [7, 11) is -2.53. The monoisotopic (exact) mass is 412 g/mol. The fraction of sp³-hybridized carbons (Fsp3) is 0.176. The highest BCUT2D eigenvalue weighted by Crippen LogP contribution is 2.22. The van der Waals surface area contributed by atoms with Crippen LogP contribution in [0.25, 0.3) is 0 Å². The number of carbonyl (C=O) groups is 2. The third kappa shape index (κ3) is 5.43. The molecule has 0 unspecified atom stereocenters. The summed E-state index contributed by atoms with van der Waals surface area (Å²) in [6, 6.07) is 9.99. The molecule has 8 nitrogen and oxygen atoms in total. The van der Waals surface area contributed by atoms with Crippen molar-refractivity contribution in [3.05, 3.63) is 53.1 Å². The van der Waals surface area contributed by atoms with Gasteiger partial charge in [-0.25, -0.2) is 18.4 Å². The zero-order valence-corrected chi connectivity index (χ0v) is 16.0. The molecular weight excluding hydrogens is 396 g/mol. The van der Waals surface area contributed by atoms with Gasteiger partial charge in [-0.3, -0.25) is 4.79 Å². The van der Waals surface area contributed by atoms with E-state index in [1.54, 1.807) is 24.3 Å². The van der Waals surface area contributed by atoms with Gasteiger partial charge in [0.1, 0.15) is 5.75 Å². The molecule has 0 aliphatic rings. The first-order valence-electron chi connectivity index (χ1n) is 7.60. The van der Waals surface area contributed by atoms with Gasteiger partial charge in [0, 0.05) is 11.8 Å². The Morgan fingerprint density at radius 3 is 2.52 bits per heavy atom. The first kappa shape index (κ1) is 20.7. The van der Waals surface area contributed by atoms with Gasteiger partial charge in [0.2, 0.25) is 10.0 Å². The average molecular weight is 413 g/mol. The highest BCUT2D eigenvalue weighted by Gasteiger charge is 2.22. The molecule has 0 aliphatic heterocycles. The maximum atomic E-state index is 12.3. The molecule has 0 aromatic heterocycles. The number of ether oxygens (including phenoxy) is 2. The van der Waals surface area contributed by atoms with Gasteiger partial charge in [-0.1, -0.05) is 17.7 Å². The molecule has 144 valence electrons. The Hall–Kier alpha value is -2.62. The molecule has 0 bridgehead atoms. The lowest BCUT2D eigenvalue weighted by atomic mass is 10.2. The Balaban J connectivity index is 2.11. The van der Waals surface area contributed by atoms with E-state index in [1.807, 2.05) is 0 Å². The number of primary sulfonamides is 1. The number of halogens is 1. The molecule has 2 rings (SSSR count). The Bertz CT molecular complexity index is 977. The minimum absolute atomic E-state index is 0.0344. The number of carbonyl (C=O) groups excluding carboxylic acids is 2. The van der Waals surface area contributed by atoms with Gasteiger partial charge in [-0.15, -0.1) is 0 Å². The van der Waals surface area contributed by atoms with Crippen LogP contribution < -0.4 is 15.2 Å². The number of esters is 1. The highest BCUT2D eigenvalue weighted by molar-refractivity contribution is 7.89. The van der Waals surface area contributed by atoms with Crippen LogP contribution in [0.5, 0.6) is 5.75 Å². The third-order valence-electron chi connectivity index (χ3n) is 3.48. The fourth-order valence-electron chi connectivity index (χ4n) is 2.06. The van der Waals surface area contributed by atoms with E-state index < -0.39 is 28.0 Å². The van der Waals surface area contributed by atoms with Crippen molar-refractivity contribution < 1.29 is 27.5 Å². The van der Waals surface area contributed by atoms with Gasteiger partial charge < -0.3 is 14.8 Å². The van der Waals surface area contributed by atoms with Crippen LogP contribution in [-0.4, -0.2) is 33.5 Å². The molecule has 3 N–H and O–H groups in total. The Morgan fingerprint density at radius 2 is 1.89 bits per heavy atom. The van der Waals surface area contributed by atoms with E-state index in [4.69, 9.17) is 26.2 Å². The molecular formula is C17H17ClN2O6S. The van der Waals surface area contributed by atoms with E-state index >= 15 is 0 Å². The number of sulfonamides is 1. The SMILES string of the molecule is COc1cccc(NC(=O)[C@@H](C)OC(=O)c2cc(S(N)(=O)=O)ccc2Cl)c1. The molecule has 10 heteroatoms. The smallest absolute Gasteiger partial charge is 0.340 e. The molecule has 0 heterocycles. The predicted octanol–water partition coefficient (Wildman–Crippen LogP) is 2.18. The summed E-state index contributed by atoms with van der Waals surface area (Å²) in [5.41, 5.74) is 0.237. The number of rotatable bonds is 6. The molecule has 0 aliphatic carbocycles. The van der Waals surface area contributed by atoms with Gasteiger partial charge in [0.15, 0.2) is 6.10 Å². The molecule has 1 atom stereocenters. The van der Waals surface area contributed by atoms with Crippen molar-refractivity contribution in [3.8, 4) is 5.75 Å². The number of hydrogen-bond acceptors (Lipinski definition) is 6. The normalized spacial score (nSPS) is 12.1. The quantitative estimate of drug-likeness (QED) is 0.700. The second kappa shape index (κ2) is 8.38. The van der Waals surface area contributed by atoms with Crippen molar-refractivity contribution in [1.82, 2.24) is 0 Å². The third-order valence-corrected chi connectivity index (χ3v) is 4.72. The summed E-state index contributed by atoms with van der Waals surface area (Å²) in [6.45, 7) is 1.37. The molecule has 0 saturated carbocycles. The van der Waals surface area contributed by atoms with Gasteiger partial charge in [-0.05, 0) is 37.3 Å². The molecule has 27 heavy (non-hydrogen) atoms. The maximum Gasteiger partial charge on any atom is 0.340 e. The number of methoxy groups -OCH3 is 1. The van der Waals surface area contributed by atoms with Gasteiger partial charge in [0.05, 0.1) is 22.6 Å². The lowest BCUT2D eigenvalue weighted by Gasteiger charge is -2.15. The number of hydrogen-bond donors (Lipinski definition) is 2. The zero-order chi connectivity index (χ0) is 20.2. The Morgan fingerprint density at radius 1 is 1.19 bits per heavy atom. The maximum absolute atomic E-state index is 12.3. The molecule has 1 amide bonds. The van der Waals surface area contributed by atoms with E-state index in [2.05, 4.69) is 5.32 Å². The topological polar surface area (TPSA) is 125 Å². The Labute approximate surface area is 161 Å². The lowest BCUT2D eigenvalue weighted by Crippen LogP contribution is -2.30. The van der Waals surface area contributed by atoms with Crippen molar-refractivity contribution in [3.63, 3.8) is 0 Å². The zero-order valence-electron chi connectivity index (χ0n) is 14.4. The summed E-state index contributed by atoms with van der Waals surface area (Å²) >= 11 is 5.92. The minimum atomic E-state index is -4.03. The van der Waals surface area contributed by atoms with Crippen LogP contribution in [0, 0.1) is 0 Å². The van der Waals surface area contributed by atoms with Crippen molar-refractivity contribution in [1.29, 1.82) is 0 Å². The minimum Gasteiger partial charge on any atom is -0.497 e. The van der Waals surface area contributed by atoms with E-state index in [0.29, 0.717) is 11.4 Å². The molecule has 2 aromatic carbocycles. The van der Waals surface area contributed by atoms with Gasteiger partial charge >= 0.3 is 5.97 Å². The van der Waals surface area contributed by atoms with Crippen LogP contribution in [0.4, 0.5) is 5.69 Å². The second-order valence-corrected chi connectivity index (χ2v) is 7.42. The summed E-state index contributed by atoms with van der Waals surface area (Å²) < 4.78 is 33.0. The van der Waals surface area contributed by atoms with Gasteiger partial charge in [0.25, 0.3) is 5.91 Å². The number of nitrogens with one attached hydrogen (secondary N) is 1. The van der Waals surface area contributed by atoms with Gasteiger partial charge in [-0.2, -0.15) is 0 Å².